The van der Waals surface area contributed by atoms with E-state index in [-0.39, 0.29) is 36.5 Å². The Balaban J connectivity index is 1.48. The standard InChI is InChI=1S/C28H27F3N4O4/c1-16-23(13-20(15-32-16)34-26(37)17-3-2-4-19(11-17)28(29,30)31)18-12-24-21-5-9-39-10-6-22(21)27(38)35(7-8-36)25(24)33-14-18/h2-4,11-15,21-22,36H,5-10H2,1H3,(H,34,37). The number of fused-ring (bicyclic) bond motifs is 3. The SMILES string of the molecule is Cc1ncc(NC(=O)c2cccc(C(F)(F)F)c2)cc1-c1cnc2c(c1)C1CCOCCC1C(=O)N2CCO. The van der Waals surface area contributed by atoms with Crippen LogP contribution in [0.4, 0.5) is 24.7 Å². The zero-order valence-electron chi connectivity index (χ0n) is 21.2. The number of β-amino-alcohol motifs (C(OH)–C–C–N with tert-alkyl or cyclic N) is 1. The van der Waals surface area contributed by atoms with E-state index in [0.29, 0.717) is 48.8 Å². The molecule has 0 saturated carbocycles. The van der Waals surface area contributed by atoms with Gasteiger partial charge in [-0.3, -0.25) is 19.5 Å². The Morgan fingerprint density at radius 2 is 1.90 bits per heavy atom. The number of rotatable bonds is 5. The molecule has 2 aliphatic heterocycles. The third-order valence-corrected chi connectivity index (χ3v) is 7.20. The van der Waals surface area contributed by atoms with Gasteiger partial charge in [-0.15, -0.1) is 0 Å². The van der Waals surface area contributed by atoms with Crippen LogP contribution in [0.25, 0.3) is 11.1 Å². The molecular weight excluding hydrogens is 513 g/mol. The second-order valence-corrected chi connectivity index (χ2v) is 9.64. The van der Waals surface area contributed by atoms with Crippen molar-refractivity contribution in [3.63, 3.8) is 0 Å². The lowest BCUT2D eigenvalue weighted by atomic mass is 9.78. The number of nitrogens with zero attached hydrogens (tertiary/aromatic N) is 3. The summed E-state index contributed by atoms with van der Waals surface area (Å²) in [5.41, 5.74) is 2.22. The van der Waals surface area contributed by atoms with Crippen molar-refractivity contribution in [1.29, 1.82) is 0 Å². The lowest BCUT2D eigenvalue weighted by Crippen LogP contribution is -2.45. The Hall–Kier alpha value is -3.83. The molecule has 2 aromatic heterocycles. The van der Waals surface area contributed by atoms with Gasteiger partial charge in [-0.05, 0) is 55.7 Å². The van der Waals surface area contributed by atoms with Gasteiger partial charge in [0.25, 0.3) is 5.91 Å². The number of anilines is 2. The average molecular weight is 541 g/mol. The van der Waals surface area contributed by atoms with E-state index in [1.807, 2.05) is 6.07 Å². The first-order valence-corrected chi connectivity index (χ1v) is 12.6. The maximum atomic E-state index is 13.2. The fourth-order valence-corrected chi connectivity index (χ4v) is 5.27. The van der Waals surface area contributed by atoms with Crippen LogP contribution < -0.4 is 10.2 Å². The first-order valence-electron chi connectivity index (χ1n) is 12.6. The quantitative estimate of drug-likeness (QED) is 0.491. The number of aromatic nitrogens is 2. The van der Waals surface area contributed by atoms with E-state index in [0.717, 1.165) is 23.3 Å². The first-order chi connectivity index (χ1) is 18.7. The summed E-state index contributed by atoms with van der Waals surface area (Å²) in [5.74, 6) is -0.610. The number of carbonyl (C=O) groups excluding carboxylic acids is 2. The number of benzene rings is 1. The molecule has 2 atom stereocenters. The summed E-state index contributed by atoms with van der Waals surface area (Å²) in [7, 11) is 0. The molecule has 1 fully saturated rings. The molecule has 0 radical (unpaired) electrons. The van der Waals surface area contributed by atoms with Gasteiger partial charge in [0.2, 0.25) is 5.91 Å². The predicted molar refractivity (Wildman–Crippen MR) is 137 cm³/mol. The van der Waals surface area contributed by atoms with Gasteiger partial charge in [0.05, 0.1) is 30.6 Å². The van der Waals surface area contributed by atoms with Crippen LogP contribution >= 0.6 is 0 Å². The third-order valence-electron chi connectivity index (χ3n) is 7.20. The van der Waals surface area contributed by atoms with Crippen molar-refractivity contribution in [2.45, 2.75) is 31.9 Å². The van der Waals surface area contributed by atoms with Crippen molar-refractivity contribution >= 4 is 23.3 Å². The molecule has 2 unspecified atom stereocenters. The molecule has 0 spiro atoms. The number of nitrogens with one attached hydrogen (secondary N) is 1. The maximum absolute atomic E-state index is 13.2. The molecule has 1 saturated heterocycles. The summed E-state index contributed by atoms with van der Waals surface area (Å²) in [6, 6.07) is 7.87. The minimum atomic E-state index is -4.56. The Labute approximate surface area is 222 Å². The smallest absolute Gasteiger partial charge is 0.395 e. The molecule has 204 valence electrons. The number of aliphatic hydroxyl groups is 1. The highest BCUT2D eigenvalue weighted by Gasteiger charge is 2.41. The average Bonchev–Trinajstić information content (AvgIpc) is 3.18. The zero-order chi connectivity index (χ0) is 27.7. The van der Waals surface area contributed by atoms with E-state index in [9.17, 15) is 27.9 Å². The molecule has 4 heterocycles. The minimum absolute atomic E-state index is 0.0653. The van der Waals surface area contributed by atoms with E-state index in [1.54, 1.807) is 19.2 Å². The molecule has 1 aromatic carbocycles. The van der Waals surface area contributed by atoms with Gasteiger partial charge in [0, 0.05) is 53.6 Å². The number of hydrogen-bond donors (Lipinski definition) is 2. The van der Waals surface area contributed by atoms with Crippen LogP contribution in [-0.2, 0) is 15.7 Å². The number of pyridine rings is 2. The summed E-state index contributed by atoms with van der Waals surface area (Å²) < 4.78 is 44.9. The fourth-order valence-electron chi connectivity index (χ4n) is 5.27. The van der Waals surface area contributed by atoms with Gasteiger partial charge < -0.3 is 15.2 Å². The topological polar surface area (TPSA) is 105 Å². The first kappa shape index (κ1) is 26.8. The number of aryl methyl sites for hydroxylation is 1. The zero-order valence-corrected chi connectivity index (χ0v) is 21.2. The lowest BCUT2D eigenvalue weighted by Gasteiger charge is -2.37. The van der Waals surface area contributed by atoms with Crippen LogP contribution in [0.2, 0.25) is 0 Å². The Bertz CT molecular complexity index is 1410. The molecule has 11 heteroatoms. The van der Waals surface area contributed by atoms with E-state index >= 15 is 0 Å². The van der Waals surface area contributed by atoms with Crippen molar-refractivity contribution in [2.75, 3.05) is 36.6 Å². The second-order valence-electron chi connectivity index (χ2n) is 9.64. The third kappa shape index (κ3) is 5.37. The molecule has 39 heavy (non-hydrogen) atoms. The Kier molecular flexibility index (Phi) is 7.37. The Morgan fingerprint density at radius 3 is 2.64 bits per heavy atom. The van der Waals surface area contributed by atoms with Crippen LogP contribution in [0.1, 0.15) is 45.9 Å². The van der Waals surface area contributed by atoms with Crippen LogP contribution in [0.3, 0.4) is 0 Å². The number of carbonyl (C=O) groups is 2. The number of aliphatic hydroxyl groups excluding tert-OH is 1. The van der Waals surface area contributed by atoms with E-state index in [2.05, 4.69) is 15.3 Å². The highest BCUT2D eigenvalue weighted by molar-refractivity contribution is 6.04. The number of amides is 2. The van der Waals surface area contributed by atoms with E-state index in [4.69, 9.17) is 4.74 Å². The number of hydrogen-bond acceptors (Lipinski definition) is 6. The van der Waals surface area contributed by atoms with Crippen LogP contribution in [0.15, 0.2) is 48.8 Å². The van der Waals surface area contributed by atoms with Gasteiger partial charge in [-0.1, -0.05) is 6.07 Å². The van der Waals surface area contributed by atoms with Crippen molar-refractivity contribution in [3.05, 3.63) is 71.2 Å². The molecule has 5 rings (SSSR count). The Morgan fingerprint density at radius 1 is 1.13 bits per heavy atom. The predicted octanol–water partition coefficient (Wildman–Crippen LogP) is 4.57. The summed E-state index contributed by atoms with van der Waals surface area (Å²) in [6.45, 7) is 2.75. The van der Waals surface area contributed by atoms with Gasteiger partial charge in [0.15, 0.2) is 0 Å². The van der Waals surface area contributed by atoms with Gasteiger partial charge in [0.1, 0.15) is 5.82 Å². The minimum Gasteiger partial charge on any atom is -0.395 e. The van der Waals surface area contributed by atoms with Crippen molar-refractivity contribution < 1.29 is 32.6 Å². The van der Waals surface area contributed by atoms with Crippen molar-refractivity contribution in [1.82, 2.24) is 9.97 Å². The van der Waals surface area contributed by atoms with E-state index < -0.39 is 17.6 Å². The molecule has 2 aliphatic rings. The van der Waals surface area contributed by atoms with Gasteiger partial charge in [-0.2, -0.15) is 13.2 Å². The largest absolute Gasteiger partial charge is 0.416 e. The molecule has 0 aliphatic carbocycles. The van der Waals surface area contributed by atoms with Crippen LogP contribution in [0, 0.1) is 12.8 Å². The lowest BCUT2D eigenvalue weighted by molar-refractivity contribution is -0.137. The summed E-state index contributed by atoms with van der Waals surface area (Å²) in [6.07, 6.45) is -0.268. The van der Waals surface area contributed by atoms with Crippen LogP contribution in [0.5, 0.6) is 0 Å². The highest BCUT2D eigenvalue weighted by Crippen LogP contribution is 2.44. The highest BCUT2D eigenvalue weighted by atomic mass is 19.4. The molecule has 2 N–H and O–H groups in total. The monoisotopic (exact) mass is 540 g/mol. The number of ether oxygens (including phenoxy) is 1. The summed E-state index contributed by atoms with van der Waals surface area (Å²) in [5, 5.41) is 12.2. The molecule has 0 bridgehead atoms. The molecule has 3 aromatic rings. The normalized spacial score (nSPS) is 19.2. The van der Waals surface area contributed by atoms with Gasteiger partial charge in [-0.25, -0.2) is 4.98 Å². The van der Waals surface area contributed by atoms with Gasteiger partial charge >= 0.3 is 6.18 Å². The maximum Gasteiger partial charge on any atom is 0.416 e. The van der Waals surface area contributed by atoms with Crippen molar-refractivity contribution in [3.8, 4) is 11.1 Å². The number of alkyl halides is 3. The fraction of sp³-hybridized carbons (Fsp3) is 0.357. The molecular formula is C28H27F3N4O4. The number of halogens is 3. The van der Waals surface area contributed by atoms with Crippen LogP contribution in [-0.4, -0.2) is 53.3 Å². The van der Waals surface area contributed by atoms with Crippen molar-refractivity contribution in [2.24, 2.45) is 5.92 Å². The van der Waals surface area contributed by atoms with E-state index in [1.165, 1.54) is 23.2 Å². The molecule has 8 nitrogen and oxygen atoms in total. The molecule has 2 amide bonds. The second kappa shape index (κ2) is 10.7. The summed E-state index contributed by atoms with van der Waals surface area (Å²) >= 11 is 0. The summed E-state index contributed by atoms with van der Waals surface area (Å²) in [4.78, 5) is 36.5.